The van der Waals surface area contributed by atoms with Gasteiger partial charge in [0.25, 0.3) is 11.9 Å². The molecule has 4 nitrogen and oxygen atoms in total. The third-order valence-corrected chi connectivity index (χ3v) is 3.52. The molecular weight excluding hydrogens is 264 g/mol. The summed E-state index contributed by atoms with van der Waals surface area (Å²) < 4.78 is 5.71. The molecule has 4 heteroatoms. The molecule has 1 aromatic carbocycles. The number of benzene rings is 1. The zero-order chi connectivity index (χ0) is 15.1. The predicted molar refractivity (Wildman–Crippen MR) is 84.6 cm³/mol. The minimum absolute atomic E-state index is 0.227. The molecule has 1 aliphatic heterocycles. The van der Waals surface area contributed by atoms with E-state index in [0.717, 1.165) is 37.9 Å². The van der Waals surface area contributed by atoms with Crippen molar-refractivity contribution < 1.29 is 9.53 Å². The zero-order valence-electron chi connectivity index (χ0n) is 13.0. The van der Waals surface area contributed by atoms with Gasteiger partial charge in [0.1, 0.15) is 0 Å². The molecule has 0 atom stereocenters. The number of aryl methyl sites for hydroxylation is 1. The molecule has 2 rings (SSSR count). The highest BCUT2D eigenvalue weighted by Gasteiger charge is 2.18. The molecule has 0 aliphatic carbocycles. The van der Waals surface area contributed by atoms with Crippen molar-refractivity contribution in [3.05, 3.63) is 35.4 Å². The molecule has 1 aliphatic rings. The lowest BCUT2D eigenvalue weighted by Gasteiger charge is -2.28. The van der Waals surface area contributed by atoms with Crippen LogP contribution >= 0.6 is 0 Å². The van der Waals surface area contributed by atoms with E-state index >= 15 is 0 Å². The summed E-state index contributed by atoms with van der Waals surface area (Å²) in [5.74, 6) is -0.227. The first kappa shape index (κ1) is 15.5. The summed E-state index contributed by atoms with van der Waals surface area (Å²) >= 11 is 0. The Hall–Kier alpha value is -1.84. The van der Waals surface area contributed by atoms with Gasteiger partial charge in [0, 0.05) is 18.7 Å². The molecule has 0 spiro atoms. The summed E-state index contributed by atoms with van der Waals surface area (Å²) in [6.45, 7) is 6.46. The molecule has 0 radical (unpaired) electrons. The molecule has 0 N–H and O–H groups in total. The van der Waals surface area contributed by atoms with Crippen molar-refractivity contribution in [1.82, 2.24) is 4.90 Å². The van der Waals surface area contributed by atoms with Crippen molar-refractivity contribution in [1.29, 1.82) is 0 Å². The predicted octanol–water partition coefficient (Wildman–Crippen LogP) is 3.40. The van der Waals surface area contributed by atoms with Crippen molar-refractivity contribution in [2.24, 2.45) is 4.99 Å². The lowest BCUT2D eigenvalue weighted by atomic mass is 10.1. The molecule has 1 saturated heterocycles. The fourth-order valence-corrected chi connectivity index (χ4v) is 2.40. The normalized spacial score (nSPS) is 15.9. The maximum Gasteiger partial charge on any atom is 0.295 e. The van der Waals surface area contributed by atoms with Crippen LogP contribution in [0.1, 0.15) is 48.5 Å². The van der Waals surface area contributed by atoms with E-state index in [9.17, 15) is 4.79 Å². The van der Waals surface area contributed by atoms with Crippen LogP contribution < -0.4 is 0 Å². The van der Waals surface area contributed by atoms with Crippen LogP contribution in [0.2, 0.25) is 0 Å². The number of hydrogen-bond acceptors (Lipinski definition) is 2. The first-order chi connectivity index (χ1) is 10.2. The van der Waals surface area contributed by atoms with Crippen molar-refractivity contribution in [2.45, 2.75) is 39.5 Å². The number of aliphatic imine (C=N–C) groups is 1. The lowest BCUT2D eigenvalue weighted by molar-refractivity contribution is 0.0992. The van der Waals surface area contributed by atoms with Gasteiger partial charge in [0.15, 0.2) is 0 Å². The quantitative estimate of drug-likeness (QED) is 0.632. The Bertz CT molecular complexity index is 505. The second-order valence-corrected chi connectivity index (χ2v) is 5.47. The van der Waals surface area contributed by atoms with Crippen molar-refractivity contribution in [3.8, 4) is 0 Å². The Kier molecular flexibility index (Phi) is 5.78. The summed E-state index contributed by atoms with van der Waals surface area (Å²) in [5.41, 5.74) is 1.68. The standard InChI is InChI=1S/C17H24N2O2/c1-3-12-21-17(19-10-5-4-6-11-19)18-16(20)15-9-7-8-14(2)13-15/h7-9,13H,3-6,10-12H2,1-2H3. The molecule has 1 aromatic rings. The molecule has 0 unspecified atom stereocenters. The summed E-state index contributed by atoms with van der Waals surface area (Å²) in [4.78, 5) is 18.6. The van der Waals surface area contributed by atoms with E-state index in [4.69, 9.17) is 4.74 Å². The molecule has 114 valence electrons. The van der Waals surface area contributed by atoms with Gasteiger partial charge < -0.3 is 9.64 Å². The summed E-state index contributed by atoms with van der Waals surface area (Å²) in [7, 11) is 0. The smallest absolute Gasteiger partial charge is 0.295 e. The van der Waals surface area contributed by atoms with E-state index in [-0.39, 0.29) is 5.91 Å². The average molecular weight is 288 g/mol. The van der Waals surface area contributed by atoms with Crippen LogP contribution in [0.4, 0.5) is 0 Å². The number of likely N-dealkylation sites (tertiary alicyclic amines) is 1. The first-order valence-corrected chi connectivity index (χ1v) is 7.78. The van der Waals surface area contributed by atoms with Gasteiger partial charge in [-0.1, -0.05) is 24.6 Å². The van der Waals surface area contributed by atoms with E-state index in [2.05, 4.69) is 16.8 Å². The minimum atomic E-state index is -0.227. The van der Waals surface area contributed by atoms with Gasteiger partial charge in [-0.15, -0.1) is 0 Å². The van der Waals surface area contributed by atoms with Gasteiger partial charge in [-0.2, -0.15) is 4.99 Å². The maximum atomic E-state index is 12.3. The Morgan fingerprint density at radius 3 is 2.71 bits per heavy atom. The third-order valence-electron chi connectivity index (χ3n) is 3.52. The molecule has 1 fully saturated rings. The van der Waals surface area contributed by atoms with Gasteiger partial charge in [0.2, 0.25) is 0 Å². The molecule has 0 saturated carbocycles. The number of amidine groups is 1. The van der Waals surface area contributed by atoms with Gasteiger partial charge in [-0.05, 0) is 44.7 Å². The number of piperidine rings is 1. The van der Waals surface area contributed by atoms with Crippen LogP contribution in [-0.4, -0.2) is 36.5 Å². The largest absolute Gasteiger partial charge is 0.465 e. The van der Waals surface area contributed by atoms with Crippen molar-refractivity contribution in [3.63, 3.8) is 0 Å². The number of hydrogen-bond donors (Lipinski definition) is 0. The Morgan fingerprint density at radius 2 is 2.05 bits per heavy atom. The second kappa shape index (κ2) is 7.81. The van der Waals surface area contributed by atoms with Crippen LogP contribution in [-0.2, 0) is 4.74 Å². The molecule has 21 heavy (non-hydrogen) atoms. The summed E-state index contributed by atoms with van der Waals surface area (Å²) in [6.07, 6.45) is 4.41. The Labute approximate surface area is 126 Å². The Balaban J connectivity index is 2.15. The highest BCUT2D eigenvalue weighted by Crippen LogP contribution is 2.12. The van der Waals surface area contributed by atoms with Crippen LogP contribution in [0.5, 0.6) is 0 Å². The fraction of sp³-hybridized carbons (Fsp3) is 0.529. The fourth-order valence-electron chi connectivity index (χ4n) is 2.40. The molecular formula is C17H24N2O2. The van der Waals surface area contributed by atoms with Gasteiger partial charge >= 0.3 is 0 Å². The van der Waals surface area contributed by atoms with Gasteiger partial charge in [-0.3, -0.25) is 4.79 Å². The summed E-state index contributed by atoms with van der Waals surface area (Å²) in [5, 5.41) is 0. The van der Waals surface area contributed by atoms with E-state index in [1.807, 2.05) is 25.1 Å². The van der Waals surface area contributed by atoms with Gasteiger partial charge in [0.05, 0.1) is 6.61 Å². The van der Waals surface area contributed by atoms with Crippen LogP contribution in [0.3, 0.4) is 0 Å². The molecule has 0 bridgehead atoms. The maximum absolute atomic E-state index is 12.3. The van der Waals surface area contributed by atoms with Crippen LogP contribution in [0, 0.1) is 6.92 Å². The van der Waals surface area contributed by atoms with E-state index in [0.29, 0.717) is 18.2 Å². The molecule has 1 amide bonds. The second-order valence-electron chi connectivity index (χ2n) is 5.47. The third kappa shape index (κ3) is 4.59. The SMILES string of the molecule is CCCOC(=NC(=O)c1cccc(C)c1)N1CCCCC1. The van der Waals surface area contributed by atoms with E-state index in [1.165, 1.54) is 6.42 Å². The highest BCUT2D eigenvalue weighted by atomic mass is 16.5. The molecule has 1 heterocycles. The lowest BCUT2D eigenvalue weighted by Crippen LogP contribution is -2.38. The highest BCUT2D eigenvalue weighted by molar-refractivity contribution is 6.01. The monoisotopic (exact) mass is 288 g/mol. The number of ether oxygens (including phenoxy) is 1. The Morgan fingerprint density at radius 1 is 1.29 bits per heavy atom. The van der Waals surface area contributed by atoms with Gasteiger partial charge in [-0.25, -0.2) is 0 Å². The van der Waals surface area contributed by atoms with Crippen molar-refractivity contribution in [2.75, 3.05) is 19.7 Å². The zero-order valence-corrected chi connectivity index (χ0v) is 13.0. The summed E-state index contributed by atoms with van der Waals surface area (Å²) in [6, 6.07) is 8.00. The van der Waals surface area contributed by atoms with E-state index in [1.54, 1.807) is 6.07 Å². The average Bonchev–Trinajstić information content (AvgIpc) is 2.52. The first-order valence-electron chi connectivity index (χ1n) is 7.78. The number of rotatable bonds is 3. The van der Waals surface area contributed by atoms with Crippen molar-refractivity contribution >= 4 is 11.9 Å². The number of nitrogens with zero attached hydrogens (tertiary/aromatic N) is 2. The molecule has 0 aromatic heterocycles. The number of carbonyl (C=O) groups is 1. The minimum Gasteiger partial charge on any atom is -0.465 e. The van der Waals surface area contributed by atoms with Crippen LogP contribution in [0.15, 0.2) is 29.3 Å². The topological polar surface area (TPSA) is 41.9 Å². The van der Waals surface area contributed by atoms with E-state index < -0.39 is 0 Å². The van der Waals surface area contributed by atoms with Crippen LogP contribution in [0.25, 0.3) is 0 Å². The number of amides is 1. The number of carbonyl (C=O) groups excluding carboxylic acids is 1.